The summed E-state index contributed by atoms with van der Waals surface area (Å²) in [4.78, 5) is 11.7. The van der Waals surface area contributed by atoms with Gasteiger partial charge in [-0.3, -0.25) is 4.79 Å². The first-order valence-corrected chi connectivity index (χ1v) is 10.4. The number of nitrogens with one attached hydrogen (secondary N) is 2. The lowest BCUT2D eigenvalue weighted by Gasteiger charge is -2.25. The standard InChI is InChI=1S/C13H25N3O3S2.ClH/c17-13(2-1-12-3-4-14-11-12)15-5-10-21(18,19)16-6-8-20-9-7-16;/h12,14H,1-11H2,(H,15,17);1H. The molecule has 2 aliphatic heterocycles. The second-order valence-corrected chi connectivity index (χ2v) is 8.89. The molecule has 0 aromatic carbocycles. The number of carbonyl (C=O) groups is 1. The molecule has 2 rings (SSSR count). The Labute approximate surface area is 143 Å². The van der Waals surface area contributed by atoms with Crippen LogP contribution in [0.4, 0.5) is 0 Å². The highest BCUT2D eigenvalue weighted by atomic mass is 35.5. The lowest BCUT2D eigenvalue weighted by molar-refractivity contribution is -0.121. The molecule has 2 fully saturated rings. The van der Waals surface area contributed by atoms with E-state index in [2.05, 4.69) is 10.6 Å². The molecule has 0 aromatic heterocycles. The maximum atomic E-state index is 12.1. The number of hydrogen-bond acceptors (Lipinski definition) is 5. The Hall–Kier alpha value is -0.0200. The highest BCUT2D eigenvalue weighted by Crippen LogP contribution is 2.14. The average molecular weight is 372 g/mol. The van der Waals surface area contributed by atoms with Gasteiger partial charge < -0.3 is 10.6 Å². The molecule has 130 valence electrons. The van der Waals surface area contributed by atoms with Crippen molar-refractivity contribution in [3.05, 3.63) is 0 Å². The number of hydrogen-bond donors (Lipinski definition) is 2. The zero-order valence-electron chi connectivity index (χ0n) is 12.8. The minimum absolute atomic E-state index is 0. The Kier molecular flexibility index (Phi) is 9.08. The third kappa shape index (κ3) is 6.62. The minimum Gasteiger partial charge on any atom is -0.355 e. The first-order chi connectivity index (χ1) is 10.1. The van der Waals surface area contributed by atoms with Crippen LogP contribution in [-0.2, 0) is 14.8 Å². The molecule has 1 atom stereocenters. The monoisotopic (exact) mass is 371 g/mol. The van der Waals surface area contributed by atoms with Crippen LogP contribution in [0.15, 0.2) is 0 Å². The van der Waals surface area contributed by atoms with Gasteiger partial charge in [0.2, 0.25) is 15.9 Å². The molecule has 0 aromatic rings. The maximum absolute atomic E-state index is 12.1. The summed E-state index contributed by atoms with van der Waals surface area (Å²) in [6, 6.07) is 0. The van der Waals surface area contributed by atoms with Crippen LogP contribution >= 0.6 is 24.2 Å². The van der Waals surface area contributed by atoms with E-state index in [0.29, 0.717) is 25.4 Å². The van der Waals surface area contributed by atoms with E-state index in [4.69, 9.17) is 0 Å². The Morgan fingerprint density at radius 2 is 2.05 bits per heavy atom. The molecule has 2 N–H and O–H groups in total. The average Bonchev–Trinajstić information content (AvgIpc) is 2.99. The van der Waals surface area contributed by atoms with Crippen LogP contribution in [-0.4, -0.2) is 68.6 Å². The van der Waals surface area contributed by atoms with E-state index in [1.165, 1.54) is 0 Å². The summed E-state index contributed by atoms with van der Waals surface area (Å²) < 4.78 is 25.7. The maximum Gasteiger partial charge on any atom is 0.220 e. The zero-order valence-corrected chi connectivity index (χ0v) is 15.2. The molecule has 0 spiro atoms. The van der Waals surface area contributed by atoms with Crippen molar-refractivity contribution < 1.29 is 13.2 Å². The summed E-state index contributed by atoms with van der Waals surface area (Å²) in [7, 11) is -3.21. The van der Waals surface area contributed by atoms with Gasteiger partial charge >= 0.3 is 0 Å². The molecule has 22 heavy (non-hydrogen) atoms. The minimum atomic E-state index is -3.21. The van der Waals surface area contributed by atoms with Gasteiger partial charge in [0.15, 0.2) is 0 Å². The number of halogens is 1. The number of rotatable bonds is 7. The van der Waals surface area contributed by atoms with Crippen LogP contribution < -0.4 is 10.6 Å². The van der Waals surface area contributed by atoms with E-state index in [0.717, 1.165) is 37.4 Å². The topological polar surface area (TPSA) is 78.5 Å². The summed E-state index contributed by atoms with van der Waals surface area (Å²) >= 11 is 1.78. The van der Waals surface area contributed by atoms with Crippen molar-refractivity contribution in [1.82, 2.24) is 14.9 Å². The lowest BCUT2D eigenvalue weighted by atomic mass is 10.0. The molecule has 0 radical (unpaired) electrons. The van der Waals surface area contributed by atoms with Crippen LogP contribution in [0.25, 0.3) is 0 Å². The summed E-state index contributed by atoms with van der Waals surface area (Å²) in [5, 5.41) is 6.01. The van der Waals surface area contributed by atoms with E-state index >= 15 is 0 Å². The van der Waals surface area contributed by atoms with Crippen molar-refractivity contribution in [3.8, 4) is 0 Å². The number of nitrogens with zero attached hydrogens (tertiary/aromatic N) is 1. The molecule has 2 heterocycles. The molecule has 9 heteroatoms. The third-order valence-corrected chi connectivity index (χ3v) is 6.80. The Balaban J connectivity index is 0.00000242. The molecular weight excluding hydrogens is 346 g/mol. The number of thioether (sulfide) groups is 1. The van der Waals surface area contributed by atoms with Crippen LogP contribution in [0.2, 0.25) is 0 Å². The summed E-state index contributed by atoms with van der Waals surface area (Å²) in [6.45, 7) is 3.44. The summed E-state index contributed by atoms with van der Waals surface area (Å²) in [5.41, 5.74) is 0. The van der Waals surface area contributed by atoms with Gasteiger partial charge in [-0.05, 0) is 31.8 Å². The van der Waals surface area contributed by atoms with E-state index in [1.807, 2.05) is 0 Å². The van der Waals surface area contributed by atoms with Gasteiger partial charge in [0.1, 0.15) is 0 Å². The molecule has 6 nitrogen and oxygen atoms in total. The van der Waals surface area contributed by atoms with E-state index in [9.17, 15) is 13.2 Å². The van der Waals surface area contributed by atoms with Gasteiger partial charge in [-0.25, -0.2) is 12.7 Å². The Morgan fingerprint density at radius 3 is 2.68 bits per heavy atom. The van der Waals surface area contributed by atoms with Gasteiger partial charge in [0.25, 0.3) is 0 Å². The van der Waals surface area contributed by atoms with Crippen LogP contribution in [0.3, 0.4) is 0 Å². The van der Waals surface area contributed by atoms with Crippen LogP contribution in [0, 0.1) is 5.92 Å². The van der Waals surface area contributed by atoms with Gasteiger partial charge in [0, 0.05) is 37.6 Å². The summed E-state index contributed by atoms with van der Waals surface area (Å²) in [6.07, 6.45) is 2.51. The van der Waals surface area contributed by atoms with Crippen molar-refractivity contribution in [2.75, 3.05) is 50.0 Å². The van der Waals surface area contributed by atoms with E-state index in [-0.39, 0.29) is 30.6 Å². The Morgan fingerprint density at radius 1 is 1.32 bits per heavy atom. The lowest BCUT2D eigenvalue weighted by Crippen LogP contribution is -2.41. The fourth-order valence-corrected chi connectivity index (χ4v) is 5.15. The zero-order chi connectivity index (χ0) is 15.1. The van der Waals surface area contributed by atoms with E-state index < -0.39 is 10.0 Å². The summed E-state index contributed by atoms with van der Waals surface area (Å²) in [5.74, 6) is 2.28. The predicted molar refractivity (Wildman–Crippen MR) is 93.2 cm³/mol. The van der Waals surface area contributed by atoms with Crippen molar-refractivity contribution in [2.24, 2.45) is 5.92 Å². The molecular formula is C13H26ClN3O3S2. The molecule has 1 unspecified atom stereocenters. The molecule has 1 amide bonds. The van der Waals surface area contributed by atoms with Crippen molar-refractivity contribution >= 4 is 40.1 Å². The smallest absolute Gasteiger partial charge is 0.220 e. The number of sulfonamides is 1. The first kappa shape index (κ1) is 20.0. The quantitative estimate of drug-likeness (QED) is 0.672. The fraction of sp³-hybridized carbons (Fsp3) is 0.923. The second kappa shape index (κ2) is 9.97. The molecule has 2 saturated heterocycles. The number of carbonyl (C=O) groups excluding carboxylic acids is 1. The highest BCUT2D eigenvalue weighted by molar-refractivity contribution is 7.99. The molecule has 0 bridgehead atoms. The van der Waals surface area contributed by atoms with Crippen molar-refractivity contribution in [2.45, 2.75) is 19.3 Å². The fourth-order valence-electron chi connectivity index (χ4n) is 2.66. The van der Waals surface area contributed by atoms with Gasteiger partial charge in [0.05, 0.1) is 5.75 Å². The molecule has 0 saturated carbocycles. The second-order valence-electron chi connectivity index (χ2n) is 5.57. The molecule has 2 aliphatic rings. The van der Waals surface area contributed by atoms with Gasteiger partial charge in [-0.2, -0.15) is 11.8 Å². The predicted octanol–water partition coefficient (Wildman–Crippen LogP) is 0.293. The van der Waals surface area contributed by atoms with Crippen LogP contribution in [0.1, 0.15) is 19.3 Å². The Bertz CT molecular complexity index is 436. The normalized spacial score (nSPS) is 23.0. The van der Waals surface area contributed by atoms with Crippen LogP contribution in [0.5, 0.6) is 0 Å². The van der Waals surface area contributed by atoms with E-state index in [1.54, 1.807) is 16.1 Å². The number of amides is 1. The molecule has 0 aliphatic carbocycles. The van der Waals surface area contributed by atoms with Gasteiger partial charge in [-0.1, -0.05) is 0 Å². The highest BCUT2D eigenvalue weighted by Gasteiger charge is 2.23. The van der Waals surface area contributed by atoms with Gasteiger partial charge in [-0.15, -0.1) is 12.4 Å². The van der Waals surface area contributed by atoms with Crippen molar-refractivity contribution in [3.63, 3.8) is 0 Å². The van der Waals surface area contributed by atoms with Crippen molar-refractivity contribution in [1.29, 1.82) is 0 Å². The SMILES string of the molecule is Cl.O=C(CCC1CCNC1)NCCS(=O)(=O)N1CCSCC1. The largest absolute Gasteiger partial charge is 0.355 e. The third-order valence-electron chi connectivity index (χ3n) is 3.99. The first-order valence-electron chi connectivity index (χ1n) is 7.61.